The Morgan fingerprint density at radius 2 is 2.03 bits per heavy atom. The molecule has 0 saturated carbocycles. The minimum absolute atomic E-state index is 0.0751. The quantitative estimate of drug-likeness (QED) is 0.584. The number of rotatable bonds is 5. The van der Waals surface area contributed by atoms with Gasteiger partial charge in [0.2, 0.25) is 17.6 Å². The van der Waals surface area contributed by atoms with E-state index in [9.17, 15) is 9.18 Å². The first-order chi connectivity index (χ1) is 16.1. The summed E-state index contributed by atoms with van der Waals surface area (Å²) in [5.74, 6) is 1.73. The number of carbonyl (C=O) groups is 1. The van der Waals surface area contributed by atoms with E-state index in [1.807, 2.05) is 23.1 Å². The van der Waals surface area contributed by atoms with Gasteiger partial charge in [-0.2, -0.15) is 4.98 Å². The molecule has 0 radical (unpaired) electrons. The van der Waals surface area contributed by atoms with Crippen LogP contribution in [-0.4, -0.2) is 54.2 Å². The maximum Gasteiger partial charge on any atom is 0.241 e. The highest BCUT2D eigenvalue weighted by atomic mass is 19.1. The van der Waals surface area contributed by atoms with Crippen LogP contribution in [0.4, 0.5) is 10.1 Å². The number of likely N-dealkylation sites (tertiary alicyclic amines) is 1. The third-order valence-corrected chi connectivity index (χ3v) is 6.46. The molecule has 172 valence electrons. The van der Waals surface area contributed by atoms with Gasteiger partial charge in [-0.3, -0.25) is 9.69 Å². The van der Waals surface area contributed by atoms with Crippen LogP contribution in [0.15, 0.2) is 47.0 Å². The van der Waals surface area contributed by atoms with Crippen molar-refractivity contribution in [2.24, 2.45) is 0 Å². The summed E-state index contributed by atoms with van der Waals surface area (Å²) in [5.41, 5.74) is 2.86. The van der Waals surface area contributed by atoms with Gasteiger partial charge < -0.3 is 14.2 Å². The molecule has 1 fully saturated rings. The van der Waals surface area contributed by atoms with E-state index < -0.39 is 0 Å². The van der Waals surface area contributed by atoms with Crippen molar-refractivity contribution in [2.45, 2.75) is 31.6 Å². The summed E-state index contributed by atoms with van der Waals surface area (Å²) < 4.78 is 24.1. The van der Waals surface area contributed by atoms with Crippen LogP contribution in [-0.2, 0) is 11.2 Å². The van der Waals surface area contributed by atoms with Crippen LogP contribution >= 0.6 is 0 Å². The molecule has 3 aromatic rings. The van der Waals surface area contributed by atoms with Gasteiger partial charge in [0.15, 0.2) is 0 Å². The fraction of sp³-hybridized carbons (Fsp3) is 0.400. The summed E-state index contributed by atoms with van der Waals surface area (Å²) in [6, 6.07) is 12.0. The van der Waals surface area contributed by atoms with Crippen molar-refractivity contribution in [1.29, 1.82) is 0 Å². The lowest BCUT2D eigenvalue weighted by molar-refractivity contribution is -0.120. The zero-order valence-electron chi connectivity index (χ0n) is 18.7. The van der Waals surface area contributed by atoms with Crippen molar-refractivity contribution in [3.63, 3.8) is 0 Å². The molecule has 0 bridgehead atoms. The molecule has 2 aliphatic rings. The molecule has 2 aromatic carbocycles. The monoisotopic (exact) mass is 450 g/mol. The van der Waals surface area contributed by atoms with E-state index in [-0.39, 0.29) is 17.6 Å². The highest BCUT2D eigenvalue weighted by Crippen LogP contribution is 2.32. The maximum atomic E-state index is 13.2. The summed E-state index contributed by atoms with van der Waals surface area (Å²) in [5, 5.41) is 4.08. The number of hydrogen-bond acceptors (Lipinski definition) is 6. The molecule has 0 N–H and O–H groups in total. The molecule has 1 atom stereocenters. The number of ether oxygens (including phenoxy) is 1. The smallest absolute Gasteiger partial charge is 0.241 e. The Morgan fingerprint density at radius 1 is 1.18 bits per heavy atom. The van der Waals surface area contributed by atoms with Crippen LogP contribution in [0.3, 0.4) is 0 Å². The predicted molar refractivity (Wildman–Crippen MR) is 122 cm³/mol. The van der Waals surface area contributed by atoms with Gasteiger partial charge in [-0.05, 0) is 80.3 Å². The second kappa shape index (κ2) is 9.31. The molecule has 7 nitrogen and oxygen atoms in total. The number of methoxy groups -OCH3 is 1. The number of fused-ring (bicyclic) bond motifs is 1. The Morgan fingerprint density at radius 3 is 2.85 bits per heavy atom. The molecule has 2 aliphatic heterocycles. The van der Waals surface area contributed by atoms with Crippen molar-refractivity contribution in [3.8, 4) is 17.1 Å². The average Bonchev–Trinajstić information content (AvgIpc) is 3.34. The summed E-state index contributed by atoms with van der Waals surface area (Å²) in [4.78, 5) is 21.8. The maximum absolute atomic E-state index is 13.2. The number of anilines is 1. The van der Waals surface area contributed by atoms with E-state index >= 15 is 0 Å². The summed E-state index contributed by atoms with van der Waals surface area (Å²) in [7, 11) is 1.66. The summed E-state index contributed by atoms with van der Waals surface area (Å²) >= 11 is 0. The van der Waals surface area contributed by atoms with E-state index in [1.165, 1.54) is 12.1 Å². The first-order valence-corrected chi connectivity index (χ1v) is 11.4. The Kier molecular flexibility index (Phi) is 6.09. The van der Waals surface area contributed by atoms with E-state index in [1.54, 1.807) is 19.2 Å². The van der Waals surface area contributed by atoms with Gasteiger partial charge in [0.1, 0.15) is 11.6 Å². The topological polar surface area (TPSA) is 71.7 Å². The highest BCUT2D eigenvalue weighted by molar-refractivity contribution is 5.96. The van der Waals surface area contributed by atoms with Crippen molar-refractivity contribution in [2.75, 3.05) is 38.2 Å². The Balaban J connectivity index is 1.25. The normalized spacial score (nSPS) is 18.7. The van der Waals surface area contributed by atoms with Gasteiger partial charge in [0.25, 0.3) is 0 Å². The van der Waals surface area contributed by atoms with Crippen molar-refractivity contribution >= 4 is 11.6 Å². The second-order valence-corrected chi connectivity index (χ2v) is 8.68. The fourth-order valence-electron chi connectivity index (χ4n) is 4.75. The molecule has 1 amide bonds. The Labute approximate surface area is 192 Å². The number of benzene rings is 2. The van der Waals surface area contributed by atoms with Gasteiger partial charge in [-0.15, -0.1) is 0 Å². The number of nitrogens with zero attached hydrogens (tertiary/aromatic N) is 4. The molecule has 1 saturated heterocycles. The average molecular weight is 451 g/mol. The molecule has 1 aromatic heterocycles. The first kappa shape index (κ1) is 21.6. The molecule has 5 rings (SSSR count). The van der Waals surface area contributed by atoms with Crippen molar-refractivity contribution in [3.05, 3.63) is 59.7 Å². The molecular weight excluding hydrogens is 423 g/mol. The highest BCUT2D eigenvalue weighted by Gasteiger charge is 2.30. The lowest BCUT2D eigenvalue weighted by Crippen LogP contribution is -2.45. The van der Waals surface area contributed by atoms with Crippen LogP contribution in [0.5, 0.6) is 5.75 Å². The molecule has 8 heteroatoms. The number of hydrogen-bond donors (Lipinski definition) is 0. The summed E-state index contributed by atoms with van der Waals surface area (Å²) in [6.07, 6.45) is 3.79. The third-order valence-electron chi connectivity index (χ3n) is 6.46. The zero-order chi connectivity index (χ0) is 22.8. The van der Waals surface area contributed by atoms with Gasteiger partial charge in [0, 0.05) is 24.3 Å². The number of aryl methyl sites for hydroxylation is 1. The van der Waals surface area contributed by atoms with E-state index in [2.05, 4.69) is 15.0 Å². The number of amides is 1. The fourth-order valence-corrected chi connectivity index (χ4v) is 4.75. The number of halogens is 1. The Bertz CT molecular complexity index is 1130. The molecule has 3 heterocycles. The predicted octanol–water partition coefficient (Wildman–Crippen LogP) is 4.04. The molecule has 0 aliphatic carbocycles. The van der Waals surface area contributed by atoms with Crippen molar-refractivity contribution < 1.29 is 18.4 Å². The van der Waals surface area contributed by atoms with Gasteiger partial charge in [-0.1, -0.05) is 5.16 Å². The minimum atomic E-state index is -0.300. The SMILES string of the molecule is COc1ccc2c(c1)CCCN2C(=O)CN1CCC[C@H](c2nc(-c3ccc(F)cc3)no2)C1. The third kappa shape index (κ3) is 4.61. The van der Waals surface area contributed by atoms with E-state index in [0.29, 0.717) is 24.8 Å². The van der Waals surface area contributed by atoms with Crippen LogP contribution in [0.25, 0.3) is 11.4 Å². The zero-order valence-corrected chi connectivity index (χ0v) is 18.7. The van der Waals surface area contributed by atoms with Gasteiger partial charge in [-0.25, -0.2) is 4.39 Å². The first-order valence-electron chi connectivity index (χ1n) is 11.4. The van der Waals surface area contributed by atoms with Crippen molar-refractivity contribution in [1.82, 2.24) is 15.0 Å². The van der Waals surface area contributed by atoms with Crippen LogP contribution < -0.4 is 9.64 Å². The largest absolute Gasteiger partial charge is 0.497 e. The van der Waals surface area contributed by atoms with Crippen LogP contribution in [0, 0.1) is 5.82 Å². The molecular formula is C25H27FN4O3. The van der Waals surface area contributed by atoms with Crippen LogP contribution in [0.2, 0.25) is 0 Å². The van der Waals surface area contributed by atoms with Gasteiger partial charge in [0.05, 0.1) is 19.6 Å². The second-order valence-electron chi connectivity index (χ2n) is 8.68. The lowest BCUT2D eigenvalue weighted by atomic mass is 9.97. The van der Waals surface area contributed by atoms with Gasteiger partial charge >= 0.3 is 0 Å². The molecule has 0 spiro atoms. The lowest BCUT2D eigenvalue weighted by Gasteiger charge is -2.34. The standard InChI is InChI=1S/C25H27FN4O3/c1-32-21-10-11-22-18(14-21)4-3-13-30(22)23(31)16-29-12-2-5-19(15-29)25-27-24(28-33-25)17-6-8-20(26)9-7-17/h6-11,14,19H,2-5,12-13,15-16H2,1H3/t19-/m0/s1. The molecule has 0 unspecified atom stereocenters. The number of piperidine rings is 1. The Hall–Kier alpha value is -3.26. The van der Waals surface area contributed by atoms with E-state index in [4.69, 9.17) is 9.26 Å². The number of carbonyl (C=O) groups excluding carboxylic acids is 1. The summed E-state index contributed by atoms with van der Waals surface area (Å²) in [6.45, 7) is 2.66. The minimum Gasteiger partial charge on any atom is -0.497 e. The van der Waals surface area contributed by atoms with E-state index in [0.717, 1.165) is 61.3 Å². The van der Waals surface area contributed by atoms with Crippen LogP contribution in [0.1, 0.15) is 36.6 Å². The molecule has 33 heavy (non-hydrogen) atoms. The number of aromatic nitrogens is 2.